The van der Waals surface area contributed by atoms with Gasteiger partial charge in [-0.05, 0) is 36.4 Å². The second-order valence-electron chi connectivity index (χ2n) is 6.58. The molecule has 2 aromatic rings. The van der Waals surface area contributed by atoms with Crippen molar-refractivity contribution in [2.75, 3.05) is 36.5 Å². The van der Waals surface area contributed by atoms with E-state index in [-0.39, 0.29) is 16.6 Å². The number of amides is 3. The molecule has 0 atom stereocenters. The van der Waals surface area contributed by atoms with E-state index in [4.69, 9.17) is 16.3 Å². The van der Waals surface area contributed by atoms with E-state index in [1.807, 2.05) is 0 Å². The third-order valence-corrected chi connectivity index (χ3v) is 5.09. The number of carbonyl (C=O) groups excluding carboxylic acids is 3. The molecule has 3 amide bonds. The van der Waals surface area contributed by atoms with Gasteiger partial charge in [-0.2, -0.15) is 0 Å². The normalized spacial score (nSPS) is 17.1. The molecule has 29 heavy (non-hydrogen) atoms. The van der Waals surface area contributed by atoms with Gasteiger partial charge in [-0.25, -0.2) is 4.90 Å². The number of halogens is 1. The molecule has 0 bridgehead atoms. The molecule has 7 nitrogen and oxygen atoms in total. The lowest BCUT2D eigenvalue weighted by Gasteiger charge is -2.26. The summed E-state index contributed by atoms with van der Waals surface area (Å²) in [7, 11) is 0. The van der Waals surface area contributed by atoms with Crippen molar-refractivity contribution in [3.8, 4) is 0 Å². The van der Waals surface area contributed by atoms with E-state index in [9.17, 15) is 14.4 Å². The molecule has 2 heterocycles. The first kappa shape index (κ1) is 19.2. The SMILES string of the molecule is O=C(c1ccc(NC2=C(Cl)C(=O)N(c3ccccc3)C2=O)cc1)N1CCOCC1. The van der Waals surface area contributed by atoms with Gasteiger partial charge in [0.25, 0.3) is 17.7 Å². The number of nitrogens with zero attached hydrogens (tertiary/aromatic N) is 2. The smallest absolute Gasteiger partial charge is 0.283 e. The van der Waals surface area contributed by atoms with Gasteiger partial charge in [0.2, 0.25) is 0 Å². The maximum Gasteiger partial charge on any atom is 0.283 e. The van der Waals surface area contributed by atoms with Crippen LogP contribution in [0, 0.1) is 0 Å². The van der Waals surface area contributed by atoms with E-state index in [1.54, 1.807) is 59.5 Å². The third-order valence-electron chi connectivity index (χ3n) is 4.74. The van der Waals surface area contributed by atoms with Gasteiger partial charge >= 0.3 is 0 Å². The predicted molar refractivity (Wildman–Crippen MR) is 109 cm³/mol. The summed E-state index contributed by atoms with van der Waals surface area (Å²) in [4.78, 5) is 40.5. The van der Waals surface area contributed by atoms with Gasteiger partial charge in [0.05, 0.1) is 18.9 Å². The summed E-state index contributed by atoms with van der Waals surface area (Å²) in [6.45, 7) is 2.19. The zero-order valence-electron chi connectivity index (χ0n) is 15.4. The molecule has 1 N–H and O–H groups in total. The minimum Gasteiger partial charge on any atom is -0.378 e. The molecule has 0 spiro atoms. The first-order valence-corrected chi connectivity index (χ1v) is 9.52. The van der Waals surface area contributed by atoms with Gasteiger partial charge in [0.15, 0.2) is 0 Å². The molecule has 2 aliphatic rings. The number of anilines is 2. The van der Waals surface area contributed by atoms with Crippen LogP contribution >= 0.6 is 11.6 Å². The van der Waals surface area contributed by atoms with Crippen LogP contribution in [0.15, 0.2) is 65.3 Å². The second kappa shape index (κ2) is 8.06. The van der Waals surface area contributed by atoms with Crippen LogP contribution in [0.5, 0.6) is 0 Å². The van der Waals surface area contributed by atoms with Gasteiger partial charge < -0.3 is 15.0 Å². The van der Waals surface area contributed by atoms with E-state index in [0.29, 0.717) is 43.2 Å². The molecule has 8 heteroatoms. The Labute approximate surface area is 172 Å². The van der Waals surface area contributed by atoms with Gasteiger partial charge in [-0.15, -0.1) is 0 Å². The zero-order chi connectivity index (χ0) is 20.4. The minimum absolute atomic E-state index is 0.00720. The van der Waals surface area contributed by atoms with E-state index >= 15 is 0 Å². The number of nitrogens with one attached hydrogen (secondary N) is 1. The number of hydrogen-bond donors (Lipinski definition) is 1. The lowest BCUT2D eigenvalue weighted by molar-refractivity contribution is -0.120. The summed E-state index contributed by atoms with van der Waals surface area (Å²) in [5, 5.41) is 2.73. The first-order valence-electron chi connectivity index (χ1n) is 9.14. The number of hydrogen-bond acceptors (Lipinski definition) is 5. The van der Waals surface area contributed by atoms with Crippen molar-refractivity contribution in [2.45, 2.75) is 0 Å². The van der Waals surface area contributed by atoms with Crippen LogP contribution in [0.1, 0.15) is 10.4 Å². The molecule has 4 rings (SSSR count). The number of rotatable bonds is 4. The molecule has 0 unspecified atom stereocenters. The molecule has 0 aliphatic carbocycles. The van der Waals surface area contributed by atoms with Crippen molar-refractivity contribution in [1.29, 1.82) is 0 Å². The molecular formula is C21H18ClN3O4. The summed E-state index contributed by atoms with van der Waals surface area (Å²) in [5.74, 6) is -1.18. The number of imide groups is 1. The van der Waals surface area contributed by atoms with E-state index in [0.717, 1.165) is 4.90 Å². The standard InChI is InChI=1S/C21H18ClN3O4/c22-17-18(21(28)25(20(17)27)16-4-2-1-3-5-16)23-15-8-6-14(7-9-15)19(26)24-10-12-29-13-11-24/h1-9,23H,10-13H2. The number of benzene rings is 2. The Balaban J connectivity index is 1.49. The fourth-order valence-corrected chi connectivity index (χ4v) is 3.43. The zero-order valence-corrected chi connectivity index (χ0v) is 16.2. The highest BCUT2D eigenvalue weighted by atomic mass is 35.5. The molecule has 1 saturated heterocycles. The highest BCUT2D eigenvalue weighted by molar-refractivity contribution is 6.53. The highest BCUT2D eigenvalue weighted by Crippen LogP contribution is 2.30. The summed E-state index contributed by atoms with van der Waals surface area (Å²) in [6.07, 6.45) is 0. The molecule has 0 radical (unpaired) electrons. The van der Waals surface area contributed by atoms with Crippen LogP contribution < -0.4 is 10.2 Å². The quantitative estimate of drug-likeness (QED) is 0.782. The second-order valence-corrected chi connectivity index (χ2v) is 6.96. The van der Waals surface area contributed by atoms with Crippen LogP contribution in [-0.2, 0) is 14.3 Å². The highest BCUT2D eigenvalue weighted by Gasteiger charge is 2.38. The van der Waals surface area contributed by atoms with Crippen molar-refractivity contribution in [2.24, 2.45) is 0 Å². The number of morpholine rings is 1. The molecule has 1 fully saturated rings. The Morgan fingerprint density at radius 2 is 1.59 bits per heavy atom. The Hall–Kier alpha value is -3.16. The van der Waals surface area contributed by atoms with Crippen molar-refractivity contribution < 1.29 is 19.1 Å². The minimum atomic E-state index is -0.579. The van der Waals surface area contributed by atoms with E-state index in [2.05, 4.69) is 5.32 Å². The number of para-hydroxylation sites is 1. The molecule has 2 aliphatic heterocycles. The predicted octanol–water partition coefficient (Wildman–Crippen LogP) is 2.59. The van der Waals surface area contributed by atoms with Crippen LogP contribution in [0.3, 0.4) is 0 Å². The van der Waals surface area contributed by atoms with Crippen LogP contribution in [0.2, 0.25) is 0 Å². The molecular weight excluding hydrogens is 394 g/mol. The fourth-order valence-electron chi connectivity index (χ4n) is 3.21. The Morgan fingerprint density at radius 1 is 0.931 bits per heavy atom. The number of carbonyl (C=O) groups is 3. The van der Waals surface area contributed by atoms with Crippen molar-refractivity contribution in [1.82, 2.24) is 4.90 Å². The third kappa shape index (κ3) is 3.74. The Bertz CT molecular complexity index is 983. The number of ether oxygens (including phenoxy) is 1. The van der Waals surface area contributed by atoms with Crippen molar-refractivity contribution in [3.05, 3.63) is 70.9 Å². The molecule has 0 aromatic heterocycles. The fraction of sp³-hybridized carbons (Fsp3) is 0.190. The monoisotopic (exact) mass is 411 g/mol. The van der Waals surface area contributed by atoms with Crippen molar-refractivity contribution >= 4 is 40.7 Å². The maximum absolute atomic E-state index is 12.7. The largest absolute Gasteiger partial charge is 0.378 e. The van der Waals surface area contributed by atoms with Crippen LogP contribution in [0.25, 0.3) is 0 Å². The summed E-state index contributed by atoms with van der Waals surface area (Å²) >= 11 is 6.13. The first-order chi connectivity index (χ1) is 14.1. The maximum atomic E-state index is 12.7. The van der Waals surface area contributed by atoms with E-state index < -0.39 is 11.8 Å². The lowest BCUT2D eigenvalue weighted by Crippen LogP contribution is -2.40. The average molecular weight is 412 g/mol. The summed E-state index contributed by atoms with van der Waals surface area (Å²) < 4.78 is 5.26. The van der Waals surface area contributed by atoms with Gasteiger partial charge in [-0.3, -0.25) is 14.4 Å². The topological polar surface area (TPSA) is 79.0 Å². The van der Waals surface area contributed by atoms with E-state index in [1.165, 1.54) is 0 Å². The summed E-state index contributed by atoms with van der Waals surface area (Å²) in [6, 6.07) is 15.3. The lowest BCUT2D eigenvalue weighted by atomic mass is 10.1. The van der Waals surface area contributed by atoms with Crippen LogP contribution in [0.4, 0.5) is 11.4 Å². The van der Waals surface area contributed by atoms with Gasteiger partial charge in [-0.1, -0.05) is 29.8 Å². The Morgan fingerprint density at radius 3 is 2.24 bits per heavy atom. The van der Waals surface area contributed by atoms with Crippen LogP contribution in [-0.4, -0.2) is 48.9 Å². The van der Waals surface area contributed by atoms with Crippen molar-refractivity contribution in [3.63, 3.8) is 0 Å². The molecule has 148 valence electrons. The average Bonchev–Trinajstić information content (AvgIpc) is 2.98. The molecule has 2 aromatic carbocycles. The molecule has 0 saturated carbocycles. The van der Waals surface area contributed by atoms with Gasteiger partial charge in [0, 0.05) is 24.3 Å². The summed E-state index contributed by atoms with van der Waals surface area (Å²) in [5.41, 5.74) is 1.54. The Kier molecular flexibility index (Phi) is 5.33. The van der Waals surface area contributed by atoms with Gasteiger partial charge in [0.1, 0.15) is 10.7 Å².